The average Bonchev–Trinajstić information content (AvgIpc) is 3.18. The number of benzene rings is 9. The molecule has 0 unspecified atom stereocenters. The van der Waals surface area contributed by atoms with Crippen LogP contribution in [0.1, 0.15) is 5.56 Å². The standard InChI is InChI=1S/C47H27BN2/c49-28-29-22-41-40-21-20-38(36-17-16-30-8-1-3-10-32(30)24-36)39-14-7-15-42(46(39)40)48-43-26-34-12-5-6-13-35(34)27-44(43)50(45(23-29)47(41)48)37-19-18-31-9-2-4-11-33(31)25-37/h1-27H. The summed E-state index contributed by atoms with van der Waals surface area (Å²) in [6.45, 7) is 0.00658. The van der Waals surface area contributed by atoms with Crippen LogP contribution in [0, 0.1) is 11.3 Å². The Morgan fingerprint density at radius 3 is 1.88 bits per heavy atom. The molecule has 2 aliphatic rings. The number of nitriles is 1. The molecule has 2 heterocycles. The number of nitrogens with zero attached hydrogens (tertiary/aromatic N) is 2. The fourth-order valence-electron chi connectivity index (χ4n) is 8.80. The van der Waals surface area contributed by atoms with Crippen molar-refractivity contribution in [1.29, 1.82) is 5.26 Å². The monoisotopic (exact) mass is 630 g/mol. The fraction of sp³-hybridized carbons (Fsp3) is 0. The van der Waals surface area contributed by atoms with E-state index in [4.69, 9.17) is 0 Å². The van der Waals surface area contributed by atoms with Crippen molar-refractivity contribution < 1.29 is 0 Å². The molecule has 0 saturated heterocycles. The highest BCUT2D eigenvalue weighted by molar-refractivity contribution is 7.01. The van der Waals surface area contributed by atoms with Crippen molar-refractivity contribution in [1.82, 2.24) is 0 Å². The topological polar surface area (TPSA) is 27.0 Å². The molecule has 9 aromatic carbocycles. The lowest BCUT2D eigenvalue weighted by molar-refractivity contribution is 1.30. The van der Waals surface area contributed by atoms with E-state index < -0.39 is 0 Å². The van der Waals surface area contributed by atoms with Crippen LogP contribution in [-0.2, 0) is 0 Å². The summed E-state index contributed by atoms with van der Waals surface area (Å²) in [4.78, 5) is 2.40. The van der Waals surface area contributed by atoms with Crippen LogP contribution in [0.25, 0.3) is 65.3 Å². The highest BCUT2D eigenvalue weighted by atomic mass is 15.2. The summed E-state index contributed by atoms with van der Waals surface area (Å²) >= 11 is 0. The molecule has 0 bridgehead atoms. The molecule has 0 amide bonds. The van der Waals surface area contributed by atoms with Gasteiger partial charge in [-0.05, 0) is 113 Å². The van der Waals surface area contributed by atoms with Crippen LogP contribution < -0.4 is 21.3 Å². The molecule has 0 N–H and O–H groups in total. The predicted octanol–water partition coefficient (Wildman–Crippen LogP) is 10.1. The third-order valence-corrected chi connectivity index (χ3v) is 11.0. The normalized spacial score (nSPS) is 12.7. The van der Waals surface area contributed by atoms with Gasteiger partial charge in [-0.1, -0.05) is 133 Å². The predicted molar refractivity (Wildman–Crippen MR) is 211 cm³/mol. The molecule has 0 atom stereocenters. The van der Waals surface area contributed by atoms with Crippen molar-refractivity contribution in [2.75, 3.05) is 4.90 Å². The van der Waals surface area contributed by atoms with E-state index >= 15 is 0 Å². The molecule has 50 heavy (non-hydrogen) atoms. The lowest BCUT2D eigenvalue weighted by Crippen LogP contribution is -2.59. The zero-order valence-electron chi connectivity index (χ0n) is 27.1. The van der Waals surface area contributed by atoms with Crippen LogP contribution in [0.15, 0.2) is 164 Å². The first-order valence-corrected chi connectivity index (χ1v) is 17.2. The third-order valence-electron chi connectivity index (χ3n) is 11.0. The Morgan fingerprint density at radius 1 is 0.460 bits per heavy atom. The van der Waals surface area contributed by atoms with Gasteiger partial charge >= 0.3 is 0 Å². The van der Waals surface area contributed by atoms with E-state index in [1.807, 2.05) is 0 Å². The highest BCUT2D eigenvalue weighted by Crippen LogP contribution is 2.45. The van der Waals surface area contributed by atoms with Crippen molar-refractivity contribution in [3.05, 3.63) is 169 Å². The minimum atomic E-state index is 0.00658. The molecule has 0 fully saturated rings. The molecular weight excluding hydrogens is 603 g/mol. The first-order chi connectivity index (χ1) is 24.7. The first kappa shape index (κ1) is 27.3. The SMILES string of the molecule is N#Cc1cc2c3c(c1)N(c1ccc4ccccc4c1)c1cc4ccccc4cc1B3c1cccc3c(-c4ccc5ccccc5c4)ccc-2c13. The number of hydrogen-bond acceptors (Lipinski definition) is 2. The van der Waals surface area contributed by atoms with Crippen LogP contribution in [-0.4, -0.2) is 6.71 Å². The van der Waals surface area contributed by atoms with Gasteiger partial charge < -0.3 is 4.90 Å². The van der Waals surface area contributed by atoms with Crippen molar-refractivity contribution in [2.24, 2.45) is 0 Å². The maximum atomic E-state index is 10.5. The van der Waals surface area contributed by atoms with E-state index in [1.54, 1.807) is 0 Å². The molecule has 0 aromatic heterocycles. The molecule has 9 aromatic rings. The smallest absolute Gasteiger partial charge is 0.248 e. The van der Waals surface area contributed by atoms with Gasteiger partial charge in [0.05, 0.1) is 11.6 Å². The van der Waals surface area contributed by atoms with Gasteiger partial charge in [-0.2, -0.15) is 5.26 Å². The van der Waals surface area contributed by atoms with E-state index in [0.717, 1.165) is 22.6 Å². The molecule has 0 spiro atoms. The van der Waals surface area contributed by atoms with Crippen LogP contribution in [0.5, 0.6) is 0 Å². The Balaban J connectivity index is 1.25. The van der Waals surface area contributed by atoms with Crippen molar-refractivity contribution in [3.8, 4) is 28.3 Å². The lowest BCUT2D eigenvalue weighted by atomic mass is 9.32. The Labute approximate surface area is 290 Å². The fourth-order valence-corrected chi connectivity index (χ4v) is 8.80. The van der Waals surface area contributed by atoms with Gasteiger partial charge in [0.2, 0.25) is 6.71 Å². The Morgan fingerprint density at radius 2 is 1.12 bits per heavy atom. The molecule has 2 nitrogen and oxygen atoms in total. The molecule has 0 aliphatic carbocycles. The van der Waals surface area contributed by atoms with Gasteiger partial charge in [-0.25, -0.2) is 0 Å². The summed E-state index contributed by atoms with van der Waals surface area (Å²) in [5, 5.41) is 20.3. The van der Waals surface area contributed by atoms with Gasteiger partial charge in [-0.15, -0.1) is 0 Å². The van der Waals surface area contributed by atoms with Crippen LogP contribution >= 0.6 is 0 Å². The maximum absolute atomic E-state index is 10.5. The summed E-state index contributed by atoms with van der Waals surface area (Å²) in [7, 11) is 0. The van der Waals surface area contributed by atoms with E-state index in [9.17, 15) is 5.26 Å². The number of rotatable bonds is 2. The first-order valence-electron chi connectivity index (χ1n) is 17.2. The second kappa shape index (κ2) is 10.2. The number of anilines is 3. The molecule has 228 valence electrons. The zero-order valence-corrected chi connectivity index (χ0v) is 27.1. The van der Waals surface area contributed by atoms with Crippen LogP contribution in [0.3, 0.4) is 0 Å². The van der Waals surface area contributed by atoms with E-state index in [2.05, 4.69) is 175 Å². The number of fused-ring (bicyclic) bond motifs is 7. The molecule has 11 rings (SSSR count). The molecule has 3 heteroatoms. The molecule has 2 aliphatic heterocycles. The minimum absolute atomic E-state index is 0.00658. The van der Waals surface area contributed by atoms with Crippen molar-refractivity contribution >= 4 is 83.3 Å². The highest BCUT2D eigenvalue weighted by Gasteiger charge is 2.41. The Kier molecular flexibility index (Phi) is 5.57. The molecule has 0 saturated carbocycles. The maximum Gasteiger partial charge on any atom is 0.248 e. The largest absolute Gasteiger partial charge is 0.311 e. The van der Waals surface area contributed by atoms with Crippen molar-refractivity contribution in [2.45, 2.75) is 0 Å². The van der Waals surface area contributed by atoms with Gasteiger partial charge in [0.25, 0.3) is 0 Å². The minimum Gasteiger partial charge on any atom is -0.311 e. The second-order valence-corrected chi connectivity index (χ2v) is 13.6. The summed E-state index contributed by atoms with van der Waals surface area (Å²) in [6, 6.07) is 62.2. The van der Waals surface area contributed by atoms with E-state index in [0.29, 0.717) is 5.56 Å². The summed E-state index contributed by atoms with van der Waals surface area (Å²) < 4.78 is 0. The summed E-state index contributed by atoms with van der Waals surface area (Å²) in [5.41, 5.74) is 12.6. The van der Waals surface area contributed by atoms with E-state index in [1.165, 1.54) is 76.2 Å². The summed E-state index contributed by atoms with van der Waals surface area (Å²) in [5.74, 6) is 0. The Hall–Kier alpha value is -6.63. The third kappa shape index (κ3) is 3.79. The Bertz CT molecular complexity index is 2970. The van der Waals surface area contributed by atoms with Gasteiger partial charge in [0.15, 0.2) is 0 Å². The van der Waals surface area contributed by atoms with Crippen molar-refractivity contribution in [3.63, 3.8) is 0 Å². The molecule has 0 radical (unpaired) electrons. The van der Waals surface area contributed by atoms with E-state index in [-0.39, 0.29) is 6.71 Å². The van der Waals surface area contributed by atoms with Gasteiger partial charge in [0.1, 0.15) is 0 Å². The zero-order chi connectivity index (χ0) is 32.9. The van der Waals surface area contributed by atoms with Crippen LogP contribution in [0.2, 0.25) is 0 Å². The van der Waals surface area contributed by atoms with Gasteiger partial charge in [0, 0.05) is 17.1 Å². The average molecular weight is 631 g/mol. The lowest BCUT2D eigenvalue weighted by Gasteiger charge is -2.41. The molecular formula is C47H27BN2. The number of hydrogen-bond donors (Lipinski definition) is 0. The summed E-state index contributed by atoms with van der Waals surface area (Å²) in [6.07, 6.45) is 0. The second-order valence-electron chi connectivity index (χ2n) is 13.6. The quantitative estimate of drug-likeness (QED) is 0.178. The van der Waals surface area contributed by atoms with Gasteiger partial charge in [-0.3, -0.25) is 0 Å². The van der Waals surface area contributed by atoms with Crippen LogP contribution in [0.4, 0.5) is 17.1 Å².